The molecule has 3 nitrogen and oxygen atoms in total. The second kappa shape index (κ2) is 5.96. The zero-order valence-electron chi connectivity index (χ0n) is 11.2. The van der Waals surface area contributed by atoms with Gasteiger partial charge in [-0.15, -0.1) is 0 Å². The number of fused-ring (bicyclic) bond motifs is 1. The van der Waals surface area contributed by atoms with E-state index >= 15 is 0 Å². The summed E-state index contributed by atoms with van der Waals surface area (Å²) < 4.78 is 5.77. The van der Waals surface area contributed by atoms with E-state index in [0.29, 0.717) is 23.1 Å². The molecule has 0 fully saturated rings. The zero-order valence-corrected chi connectivity index (χ0v) is 12.7. The third-order valence-electron chi connectivity index (χ3n) is 3.42. The molecule has 0 saturated carbocycles. The van der Waals surface area contributed by atoms with Crippen LogP contribution in [0.2, 0.25) is 10.0 Å². The SMILES string of the molecule is O=C1CCc2cc(OCc3c(Cl)cccc3Cl)ccc2N1. The highest BCUT2D eigenvalue weighted by Gasteiger charge is 2.15. The molecule has 1 aliphatic heterocycles. The van der Waals surface area contributed by atoms with E-state index in [4.69, 9.17) is 27.9 Å². The Labute approximate surface area is 132 Å². The molecular formula is C16H13Cl2NO2. The minimum absolute atomic E-state index is 0.0546. The van der Waals surface area contributed by atoms with Crippen molar-refractivity contribution in [2.75, 3.05) is 5.32 Å². The Morgan fingerprint density at radius 3 is 2.62 bits per heavy atom. The van der Waals surface area contributed by atoms with Crippen LogP contribution >= 0.6 is 23.2 Å². The minimum atomic E-state index is 0.0546. The molecule has 0 saturated heterocycles. The van der Waals surface area contributed by atoms with Gasteiger partial charge in [-0.2, -0.15) is 0 Å². The van der Waals surface area contributed by atoms with Gasteiger partial charge in [0.1, 0.15) is 12.4 Å². The number of benzene rings is 2. The molecule has 0 unspecified atom stereocenters. The monoisotopic (exact) mass is 321 g/mol. The fraction of sp³-hybridized carbons (Fsp3) is 0.188. The number of hydrogen-bond acceptors (Lipinski definition) is 2. The fourth-order valence-corrected chi connectivity index (χ4v) is 2.78. The smallest absolute Gasteiger partial charge is 0.224 e. The summed E-state index contributed by atoms with van der Waals surface area (Å²) in [6.07, 6.45) is 1.23. The molecule has 0 radical (unpaired) electrons. The van der Waals surface area contributed by atoms with Crippen molar-refractivity contribution in [3.63, 3.8) is 0 Å². The van der Waals surface area contributed by atoms with Crippen LogP contribution in [0.3, 0.4) is 0 Å². The Bertz CT molecular complexity index is 680. The van der Waals surface area contributed by atoms with Crippen molar-refractivity contribution in [3.05, 3.63) is 57.6 Å². The number of nitrogens with one attached hydrogen (secondary N) is 1. The Kier molecular flexibility index (Phi) is 4.04. The number of halogens is 2. The molecule has 0 spiro atoms. The van der Waals surface area contributed by atoms with Gasteiger partial charge >= 0.3 is 0 Å². The molecule has 5 heteroatoms. The van der Waals surface area contributed by atoms with Crippen molar-refractivity contribution in [3.8, 4) is 5.75 Å². The van der Waals surface area contributed by atoms with Gasteiger partial charge < -0.3 is 10.1 Å². The van der Waals surface area contributed by atoms with Crippen LogP contribution in [-0.2, 0) is 17.8 Å². The number of ether oxygens (including phenoxy) is 1. The van der Waals surface area contributed by atoms with Crippen molar-refractivity contribution in [1.82, 2.24) is 0 Å². The molecule has 0 aliphatic carbocycles. The topological polar surface area (TPSA) is 38.3 Å². The predicted molar refractivity (Wildman–Crippen MR) is 84.2 cm³/mol. The lowest BCUT2D eigenvalue weighted by Gasteiger charge is -2.18. The molecule has 108 valence electrons. The summed E-state index contributed by atoms with van der Waals surface area (Å²) in [7, 11) is 0. The number of rotatable bonds is 3. The van der Waals surface area contributed by atoms with Crippen molar-refractivity contribution in [2.45, 2.75) is 19.4 Å². The van der Waals surface area contributed by atoms with Gasteiger partial charge in [0.15, 0.2) is 0 Å². The predicted octanol–water partition coefficient (Wildman–Crippen LogP) is 4.46. The largest absolute Gasteiger partial charge is 0.489 e. The van der Waals surface area contributed by atoms with E-state index in [1.807, 2.05) is 18.2 Å². The van der Waals surface area contributed by atoms with Crippen LogP contribution < -0.4 is 10.1 Å². The van der Waals surface area contributed by atoms with E-state index in [9.17, 15) is 4.79 Å². The van der Waals surface area contributed by atoms with Crippen LogP contribution in [0.5, 0.6) is 5.75 Å². The third-order valence-corrected chi connectivity index (χ3v) is 4.13. The van der Waals surface area contributed by atoms with Crippen LogP contribution in [0.1, 0.15) is 17.5 Å². The fourth-order valence-electron chi connectivity index (χ4n) is 2.28. The van der Waals surface area contributed by atoms with Crippen LogP contribution in [-0.4, -0.2) is 5.91 Å². The van der Waals surface area contributed by atoms with Gasteiger partial charge in [0, 0.05) is 27.7 Å². The molecule has 0 atom stereocenters. The highest BCUT2D eigenvalue weighted by atomic mass is 35.5. The zero-order chi connectivity index (χ0) is 14.8. The van der Waals surface area contributed by atoms with E-state index in [1.165, 1.54) is 0 Å². The molecule has 0 aromatic heterocycles. The summed E-state index contributed by atoms with van der Waals surface area (Å²) in [6, 6.07) is 11.0. The number of aryl methyl sites for hydroxylation is 1. The molecule has 3 rings (SSSR count). The van der Waals surface area contributed by atoms with Crippen molar-refractivity contribution in [1.29, 1.82) is 0 Å². The summed E-state index contributed by atoms with van der Waals surface area (Å²) in [6.45, 7) is 0.309. The van der Waals surface area contributed by atoms with Gasteiger partial charge in [-0.1, -0.05) is 29.3 Å². The number of carbonyl (C=O) groups is 1. The molecule has 1 aliphatic rings. The quantitative estimate of drug-likeness (QED) is 0.906. The van der Waals surface area contributed by atoms with E-state index in [1.54, 1.807) is 18.2 Å². The molecule has 2 aromatic carbocycles. The van der Waals surface area contributed by atoms with Gasteiger partial charge in [-0.05, 0) is 42.3 Å². The summed E-state index contributed by atoms with van der Waals surface area (Å²) in [5.41, 5.74) is 2.71. The van der Waals surface area contributed by atoms with Gasteiger partial charge in [0.25, 0.3) is 0 Å². The molecule has 0 bridgehead atoms. The minimum Gasteiger partial charge on any atom is -0.489 e. The Hall–Kier alpha value is -1.71. The lowest BCUT2D eigenvalue weighted by Crippen LogP contribution is -2.18. The third kappa shape index (κ3) is 3.14. The highest BCUT2D eigenvalue weighted by Crippen LogP contribution is 2.29. The second-order valence-corrected chi connectivity index (χ2v) is 5.67. The number of carbonyl (C=O) groups excluding carboxylic acids is 1. The first-order valence-corrected chi connectivity index (χ1v) is 7.37. The van der Waals surface area contributed by atoms with Gasteiger partial charge in [-0.3, -0.25) is 4.79 Å². The van der Waals surface area contributed by atoms with Crippen LogP contribution in [0.15, 0.2) is 36.4 Å². The Morgan fingerprint density at radius 2 is 1.86 bits per heavy atom. The maximum absolute atomic E-state index is 11.3. The van der Waals surface area contributed by atoms with Gasteiger partial charge in [0.2, 0.25) is 5.91 Å². The first kappa shape index (κ1) is 14.2. The van der Waals surface area contributed by atoms with Crippen molar-refractivity contribution in [2.24, 2.45) is 0 Å². The summed E-state index contributed by atoms with van der Waals surface area (Å²) in [4.78, 5) is 11.3. The Balaban J connectivity index is 1.76. The van der Waals surface area contributed by atoms with Crippen molar-refractivity contribution < 1.29 is 9.53 Å². The lowest BCUT2D eigenvalue weighted by molar-refractivity contribution is -0.116. The van der Waals surface area contributed by atoms with E-state index in [2.05, 4.69) is 5.32 Å². The van der Waals surface area contributed by atoms with Crippen molar-refractivity contribution >= 4 is 34.8 Å². The van der Waals surface area contributed by atoms with E-state index < -0.39 is 0 Å². The molecule has 2 aromatic rings. The Morgan fingerprint density at radius 1 is 1.10 bits per heavy atom. The summed E-state index contributed by atoms with van der Waals surface area (Å²) in [5, 5.41) is 4.02. The van der Waals surface area contributed by atoms with E-state index in [-0.39, 0.29) is 5.91 Å². The lowest BCUT2D eigenvalue weighted by atomic mass is 10.0. The average molecular weight is 322 g/mol. The first-order chi connectivity index (χ1) is 10.1. The highest BCUT2D eigenvalue weighted by molar-refractivity contribution is 6.35. The number of amides is 1. The molecule has 21 heavy (non-hydrogen) atoms. The van der Waals surface area contributed by atoms with Gasteiger partial charge in [0.05, 0.1) is 0 Å². The maximum atomic E-state index is 11.3. The number of anilines is 1. The molecule has 1 amide bonds. The van der Waals surface area contributed by atoms with Crippen LogP contribution in [0.25, 0.3) is 0 Å². The number of hydrogen-bond donors (Lipinski definition) is 1. The molecular weight excluding hydrogens is 309 g/mol. The van der Waals surface area contributed by atoms with Crippen LogP contribution in [0, 0.1) is 0 Å². The maximum Gasteiger partial charge on any atom is 0.224 e. The molecule has 1 heterocycles. The normalized spacial score (nSPS) is 13.5. The standard InChI is InChI=1S/C16H13Cl2NO2/c17-13-2-1-3-14(18)12(13)9-21-11-5-6-15-10(8-11)4-7-16(20)19-15/h1-3,5-6,8H,4,7,9H2,(H,19,20). The summed E-state index contributed by atoms with van der Waals surface area (Å²) >= 11 is 12.2. The van der Waals surface area contributed by atoms with Crippen LogP contribution in [0.4, 0.5) is 5.69 Å². The average Bonchev–Trinajstić information content (AvgIpc) is 2.47. The first-order valence-electron chi connectivity index (χ1n) is 6.62. The second-order valence-electron chi connectivity index (χ2n) is 4.86. The molecule has 1 N–H and O–H groups in total. The van der Waals surface area contributed by atoms with Gasteiger partial charge in [-0.25, -0.2) is 0 Å². The van der Waals surface area contributed by atoms with E-state index in [0.717, 1.165) is 29.0 Å². The summed E-state index contributed by atoms with van der Waals surface area (Å²) in [5.74, 6) is 0.792.